The zero-order valence-corrected chi connectivity index (χ0v) is 6.46. The molecular formula is C11H11. The van der Waals surface area contributed by atoms with E-state index in [1.54, 1.807) is 11.1 Å². The molecule has 0 aliphatic heterocycles. The van der Waals surface area contributed by atoms with Gasteiger partial charge in [0.1, 0.15) is 0 Å². The molecule has 0 aromatic heterocycles. The summed E-state index contributed by atoms with van der Waals surface area (Å²) in [5, 5.41) is 0. The maximum Gasteiger partial charge on any atom is -0.00935 e. The maximum atomic E-state index is 4.13. The molecule has 0 saturated heterocycles. The number of rotatable bonds is 0. The molecule has 1 aromatic carbocycles. The highest BCUT2D eigenvalue weighted by atomic mass is 14.6. The fourth-order valence-corrected chi connectivity index (χ4v) is 2.48. The van der Waals surface area contributed by atoms with Gasteiger partial charge in [0, 0.05) is 0 Å². The van der Waals surface area contributed by atoms with E-state index in [0.717, 1.165) is 17.8 Å². The van der Waals surface area contributed by atoms with Crippen LogP contribution in [0.25, 0.3) is 0 Å². The average molecular weight is 143 g/mol. The molecule has 0 bridgehead atoms. The molecule has 0 N–H and O–H groups in total. The fourth-order valence-electron chi connectivity index (χ4n) is 2.48. The van der Waals surface area contributed by atoms with Gasteiger partial charge in [-0.1, -0.05) is 24.3 Å². The van der Waals surface area contributed by atoms with Crippen molar-refractivity contribution in [3.8, 4) is 0 Å². The van der Waals surface area contributed by atoms with Gasteiger partial charge in [0.25, 0.3) is 0 Å². The van der Waals surface area contributed by atoms with E-state index >= 15 is 0 Å². The molecule has 1 saturated carbocycles. The van der Waals surface area contributed by atoms with Gasteiger partial charge >= 0.3 is 0 Å². The zero-order valence-electron chi connectivity index (χ0n) is 6.46. The molecule has 0 nitrogen and oxygen atoms in total. The molecule has 0 heteroatoms. The van der Waals surface area contributed by atoms with Crippen LogP contribution in [-0.4, -0.2) is 0 Å². The summed E-state index contributed by atoms with van der Waals surface area (Å²) in [5.74, 6) is 2.45. The Kier molecular flexibility index (Phi) is 0.892. The molecule has 0 heterocycles. The first-order chi connectivity index (χ1) is 5.38. The van der Waals surface area contributed by atoms with Crippen molar-refractivity contribution in [2.24, 2.45) is 11.8 Å². The third-order valence-corrected chi connectivity index (χ3v) is 3.20. The lowest BCUT2D eigenvalue weighted by atomic mass is 10.0. The molecule has 1 fully saturated rings. The molecule has 2 aliphatic carbocycles. The summed E-state index contributed by atoms with van der Waals surface area (Å²) in [7, 11) is 0. The van der Waals surface area contributed by atoms with E-state index < -0.39 is 0 Å². The first-order valence-corrected chi connectivity index (χ1v) is 4.29. The lowest BCUT2D eigenvalue weighted by Gasteiger charge is -2.02. The molecule has 2 aliphatic rings. The second kappa shape index (κ2) is 1.69. The molecule has 3 atom stereocenters. The van der Waals surface area contributed by atoms with Gasteiger partial charge < -0.3 is 0 Å². The molecule has 0 unspecified atom stereocenters. The lowest BCUT2D eigenvalue weighted by molar-refractivity contribution is 0.796. The van der Waals surface area contributed by atoms with E-state index in [-0.39, 0.29) is 0 Å². The van der Waals surface area contributed by atoms with Crippen molar-refractivity contribution in [3.05, 3.63) is 42.3 Å². The van der Waals surface area contributed by atoms with Gasteiger partial charge in [-0.3, -0.25) is 0 Å². The Labute approximate surface area is 67.2 Å². The Morgan fingerprint density at radius 3 is 3.00 bits per heavy atom. The molecular weight excluding hydrogens is 132 g/mol. The van der Waals surface area contributed by atoms with E-state index in [9.17, 15) is 0 Å². The van der Waals surface area contributed by atoms with E-state index in [4.69, 9.17) is 0 Å². The third kappa shape index (κ3) is 0.604. The molecule has 0 amide bonds. The van der Waals surface area contributed by atoms with E-state index in [1.807, 2.05) is 0 Å². The molecule has 1 radical (unpaired) electrons. The van der Waals surface area contributed by atoms with Gasteiger partial charge in [-0.15, -0.1) is 0 Å². The van der Waals surface area contributed by atoms with Crippen LogP contribution in [0.2, 0.25) is 0 Å². The maximum absolute atomic E-state index is 4.13. The summed E-state index contributed by atoms with van der Waals surface area (Å²) < 4.78 is 0. The summed E-state index contributed by atoms with van der Waals surface area (Å²) in [5.41, 5.74) is 3.15. The monoisotopic (exact) mass is 143 g/mol. The van der Waals surface area contributed by atoms with Gasteiger partial charge in [0.05, 0.1) is 0 Å². The van der Waals surface area contributed by atoms with Crippen molar-refractivity contribution in [1.82, 2.24) is 0 Å². The SMILES string of the molecule is [CH2][C@@H]1[C@H]2Cc3ccccc3[C@@H]12. The van der Waals surface area contributed by atoms with Gasteiger partial charge in [-0.25, -0.2) is 0 Å². The highest BCUT2D eigenvalue weighted by Crippen LogP contribution is 2.60. The molecule has 3 rings (SSSR count). The first kappa shape index (κ1) is 5.82. The van der Waals surface area contributed by atoms with E-state index in [2.05, 4.69) is 31.2 Å². The second-order valence-electron chi connectivity index (χ2n) is 3.76. The Bertz CT molecular complexity index is 301. The van der Waals surface area contributed by atoms with Crippen molar-refractivity contribution in [2.45, 2.75) is 12.3 Å². The Balaban J connectivity index is 2.13. The van der Waals surface area contributed by atoms with Gasteiger partial charge in [0.2, 0.25) is 0 Å². The molecule has 0 spiro atoms. The highest BCUT2D eigenvalue weighted by Gasteiger charge is 2.52. The van der Waals surface area contributed by atoms with Crippen LogP contribution in [0.1, 0.15) is 17.0 Å². The summed E-state index contributed by atoms with van der Waals surface area (Å²) in [4.78, 5) is 0. The zero-order chi connectivity index (χ0) is 7.42. The lowest BCUT2D eigenvalue weighted by Crippen LogP contribution is -1.89. The van der Waals surface area contributed by atoms with Crippen molar-refractivity contribution in [2.75, 3.05) is 0 Å². The van der Waals surface area contributed by atoms with Crippen LogP contribution in [-0.2, 0) is 6.42 Å². The smallest absolute Gasteiger partial charge is 0.00935 e. The Morgan fingerprint density at radius 2 is 2.09 bits per heavy atom. The topological polar surface area (TPSA) is 0 Å². The summed E-state index contributed by atoms with van der Waals surface area (Å²) in [6.07, 6.45) is 1.29. The largest absolute Gasteiger partial charge is 0.0620 e. The van der Waals surface area contributed by atoms with Crippen LogP contribution in [0.3, 0.4) is 0 Å². The average Bonchev–Trinajstić information content (AvgIpc) is 2.55. The van der Waals surface area contributed by atoms with Crippen LogP contribution in [0.15, 0.2) is 24.3 Å². The minimum Gasteiger partial charge on any atom is -0.0620 e. The normalized spacial score (nSPS) is 38.1. The minimum atomic E-state index is 0.727. The van der Waals surface area contributed by atoms with Gasteiger partial charge in [-0.2, -0.15) is 0 Å². The third-order valence-electron chi connectivity index (χ3n) is 3.20. The van der Waals surface area contributed by atoms with Crippen molar-refractivity contribution < 1.29 is 0 Å². The minimum absolute atomic E-state index is 0.727. The quantitative estimate of drug-likeness (QED) is 0.523. The number of fused-ring (bicyclic) bond motifs is 3. The van der Waals surface area contributed by atoms with E-state index in [0.29, 0.717) is 0 Å². The standard InChI is InChI=1S/C11H11/c1-7-10-6-8-4-2-3-5-9(8)11(7)10/h2-5,7,10-11H,1,6H2/t7-,10-,11-/m1/s1. The van der Waals surface area contributed by atoms with Crippen molar-refractivity contribution in [3.63, 3.8) is 0 Å². The number of benzene rings is 1. The number of hydrogen-bond acceptors (Lipinski definition) is 0. The summed E-state index contributed by atoms with van der Waals surface area (Å²) in [6.45, 7) is 4.13. The molecule has 1 aromatic rings. The number of hydrogen-bond donors (Lipinski definition) is 0. The van der Waals surface area contributed by atoms with Crippen LogP contribution < -0.4 is 0 Å². The van der Waals surface area contributed by atoms with Crippen molar-refractivity contribution >= 4 is 0 Å². The fraction of sp³-hybridized carbons (Fsp3) is 0.364. The Morgan fingerprint density at radius 1 is 1.27 bits per heavy atom. The van der Waals surface area contributed by atoms with E-state index in [1.165, 1.54) is 6.42 Å². The van der Waals surface area contributed by atoms with Crippen LogP contribution in [0, 0.1) is 18.8 Å². The molecule has 11 heavy (non-hydrogen) atoms. The van der Waals surface area contributed by atoms with Crippen molar-refractivity contribution in [1.29, 1.82) is 0 Å². The van der Waals surface area contributed by atoms with Crippen LogP contribution in [0.4, 0.5) is 0 Å². The summed E-state index contributed by atoms with van der Waals surface area (Å²) >= 11 is 0. The predicted molar refractivity (Wildman–Crippen MR) is 45.2 cm³/mol. The molecule has 55 valence electrons. The predicted octanol–water partition coefficient (Wildman–Crippen LogP) is 2.41. The Hall–Kier alpha value is -0.780. The highest BCUT2D eigenvalue weighted by molar-refractivity contribution is 5.43. The van der Waals surface area contributed by atoms with Crippen LogP contribution in [0.5, 0.6) is 0 Å². The summed E-state index contributed by atoms with van der Waals surface area (Å²) in [6, 6.07) is 8.81. The van der Waals surface area contributed by atoms with Gasteiger partial charge in [0.15, 0.2) is 0 Å². The first-order valence-electron chi connectivity index (χ1n) is 4.29. The second-order valence-corrected chi connectivity index (χ2v) is 3.76. The van der Waals surface area contributed by atoms with Crippen LogP contribution >= 0.6 is 0 Å². The van der Waals surface area contributed by atoms with Gasteiger partial charge in [-0.05, 0) is 42.2 Å².